The van der Waals surface area contributed by atoms with Gasteiger partial charge in [-0.15, -0.1) is 0 Å². The number of hydrogen-bond donors (Lipinski definition) is 0. The average Bonchev–Trinajstić information content (AvgIpc) is 1.69. The van der Waals surface area contributed by atoms with Crippen molar-refractivity contribution in [3.05, 3.63) is 0 Å². The van der Waals surface area contributed by atoms with Crippen molar-refractivity contribution in [1.82, 2.24) is 4.90 Å². The first-order valence-corrected chi connectivity index (χ1v) is 2.86. The van der Waals surface area contributed by atoms with Crippen molar-refractivity contribution >= 4 is 26.5 Å². The van der Waals surface area contributed by atoms with E-state index in [1.807, 2.05) is 0 Å². The molecule has 0 saturated heterocycles. The molecule has 0 spiro atoms. The van der Waals surface area contributed by atoms with E-state index in [4.69, 9.17) is 0 Å². The quantitative estimate of drug-likeness (QED) is 0.405. The zero-order chi connectivity index (χ0) is 6.57. The van der Waals surface area contributed by atoms with Crippen LogP contribution in [0.25, 0.3) is 0 Å². The average molecular weight is 235 g/mol. The molecule has 0 aromatic rings. The summed E-state index contributed by atoms with van der Waals surface area (Å²) in [7, 11) is 0. The van der Waals surface area contributed by atoms with E-state index in [0.29, 0.717) is 4.90 Å². The van der Waals surface area contributed by atoms with Crippen molar-refractivity contribution in [2.24, 2.45) is 0 Å². The van der Waals surface area contributed by atoms with E-state index in [1.165, 1.54) is 22.6 Å². The van der Waals surface area contributed by atoms with Gasteiger partial charge < -0.3 is 0 Å². The van der Waals surface area contributed by atoms with Gasteiger partial charge in [0.25, 0.3) is 3.91 Å². The molecule has 5 heteroatoms. The summed E-state index contributed by atoms with van der Waals surface area (Å²) in [5.41, 5.74) is 0. The van der Waals surface area contributed by atoms with Gasteiger partial charge in [0, 0.05) is 22.6 Å². The van der Waals surface area contributed by atoms with Gasteiger partial charge in [0.15, 0.2) is 13.6 Å². The largest absolute Gasteiger partial charge is 0.287 e. The van der Waals surface area contributed by atoms with Crippen molar-refractivity contribution in [2.75, 3.05) is 13.6 Å². The predicted octanol–water partition coefficient (Wildman–Crippen LogP) is 1.70. The zero-order valence-electron chi connectivity index (χ0n) is 3.90. The van der Waals surface area contributed by atoms with Crippen molar-refractivity contribution in [3.8, 4) is 0 Å². The summed E-state index contributed by atoms with van der Waals surface area (Å²) in [6.45, 7) is -2.11. The Bertz CT molecular complexity index is 85.4. The van der Waals surface area contributed by atoms with Gasteiger partial charge in [-0.1, -0.05) is 0 Å². The lowest BCUT2D eigenvalue weighted by molar-refractivity contribution is 0.160. The van der Waals surface area contributed by atoms with Gasteiger partial charge in [-0.25, -0.2) is 8.78 Å². The summed E-state index contributed by atoms with van der Waals surface area (Å²) in [6, 6.07) is 0. The highest BCUT2D eigenvalue weighted by Crippen LogP contribution is 1.98. The van der Waals surface area contributed by atoms with E-state index in [9.17, 15) is 13.6 Å². The SMILES string of the molecule is O=C(I)N(CF)CF. The maximum atomic E-state index is 11.4. The van der Waals surface area contributed by atoms with E-state index in [-0.39, 0.29) is 0 Å². The lowest BCUT2D eigenvalue weighted by atomic mass is 10.9. The molecule has 0 unspecified atom stereocenters. The van der Waals surface area contributed by atoms with Gasteiger partial charge in [0.1, 0.15) is 0 Å². The highest BCUT2D eigenvalue weighted by molar-refractivity contribution is 14.1. The first-order valence-electron chi connectivity index (χ1n) is 1.78. The van der Waals surface area contributed by atoms with E-state index >= 15 is 0 Å². The molecule has 0 heterocycles. The molecular formula is C3H4F2INO. The van der Waals surface area contributed by atoms with E-state index in [0.717, 1.165) is 0 Å². The third-order valence-corrected chi connectivity index (χ3v) is 1.22. The van der Waals surface area contributed by atoms with Crippen molar-refractivity contribution in [3.63, 3.8) is 0 Å². The minimum atomic E-state index is -1.06. The summed E-state index contributed by atoms with van der Waals surface area (Å²) in [5, 5.41) is 0. The van der Waals surface area contributed by atoms with E-state index in [1.54, 1.807) is 0 Å². The molecule has 0 N–H and O–H groups in total. The molecule has 0 aromatic heterocycles. The van der Waals surface area contributed by atoms with Crippen LogP contribution in [0.3, 0.4) is 0 Å². The maximum Gasteiger partial charge on any atom is 0.287 e. The van der Waals surface area contributed by atoms with Crippen LogP contribution in [0, 0.1) is 0 Å². The molecular weight excluding hydrogens is 231 g/mol. The summed E-state index contributed by atoms with van der Waals surface area (Å²) in [5.74, 6) is 0. The number of carbonyl (C=O) groups excluding carboxylic acids is 1. The fraction of sp³-hybridized carbons (Fsp3) is 0.667. The topological polar surface area (TPSA) is 20.3 Å². The smallest absolute Gasteiger partial charge is 0.278 e. The van der Waals surface area contributed by atoms with Crippen LogP contribution < -0.4 is 0 Å². The van der Waals surface area contributed by atoms with Gasteiger partial charge >= 0.3 is 0 Å². The Labute approximate surface area is 59.0 Å². The third-order valence-electron chi connectivity index (χ3n) is 0.537. The van der Waals surface area contributed by atoms with Crippen LogP contribution >= 0.6 is 22.6 Å². The van der Waals surface area contributed by atoms with Crippen LogP contribution in [0.4, 0.5) is 13.6 Å². The Balaban J connectivity index is 3.52. The zero-order valence-corrected chi connectivity index (χ0v) is 6.06. The maximum absolute atomic E-state index is 11.4. The Morgan fingerprint density at radius 2 is 1.88 bits per heavy atom. The Hall–Kier alpha value is 0.0600. The summed E-state index contributed by atoms with van der Waals surface area (Å²) < 4.78 is 22.1. The van der Waals surface area contributed by atoms with Crippen LogP contribution in [0.1, 0.15) is 0 Å². The van der Waals surface area contributed by atoms with Crippen LogP contribution in [0.2, 0.25) is 0 Å². The highest BCUT2D eigenvalue weighted by atomic mass is 127. The van der Waals surface area contributed by atoms with Crippen LogP contribution in [0.15, 0.2) is 0 Å². The standard InChI is InChI=1S/C3H4F2INO/c4-1-7(2-5)3(6)8/h1-2H2. The fourth-order valence-electron chi connectivity index (χ4n) is 0.126. The second-order valence-corrected chi connectivity index (χ2v) is 1.95. The molecule has 0 rings (SSSR count). The molecule has 0 aliphatic carbocycles. The van der Waals surface area contributed by atoms with Crippen LogP contribution in [-0.2, 0) is 0 Å². The molecule has 0 bridgehead atoms. The molecule has 0 fully saturated rings. The number of amides is 1. The van der Waals surface area contributed by atoms with Gasteiger partial charge in [-0.3, -0.25) is 9.69 Å². The summed E-state index contributed by atoms with van der Waals surface area (Å²) in [6.07, 6.45) is 0. The number of carbonyl (C=O) groups is 1. The molecule has 1 amide bonds. The number of hydrogen-bond acceptors (Lipinski definition) is 1. The molecule has 0 saturated carbocycles. The minimum Gasteiger partial charge on any atom is -0.278 e. The Morgan fingerprint density at radius 3 is 1.88 bits per heavy atom. The normalized spacial score (nSPS) is 8.88. The highest BCUT2D eigenvalue weighted by Gasteiger charge is 2.06. The first kappa shape index (κ1) is 8.06. The predicted molar refractivity (Wildman–Crippen MR) is 33.2 cm³/mol. The molecule has 0 atom stereocenters. The van der Waals surface area contributed by atoms with Crippen molar-refractivity contribution in [1.29, 1.82) is 0 Å². The third kappa shape index (κ3) is 2.39. The van der Waals surface area contributed by atoms with Gasteiger partial charge in [-0.2, -0.15) is 0 Å². The van der Waals surface area contributed by atoms with Crippen molar-refractivity contribution in [2.45, 2.75) is 0 Å². The molecule has 2 nitrogen and oxygen atoms in total. The second kappa shape index (κ2) is 3.99. The van der Waals surface area contributed by atoms with Gasteiger partial charge in [0.2, 0.25) is 0 Å². The number of nitrogens with zero attached hydrogens (tertiary/aromatic N) is 1. The van der Waals surface area contributed by atoms with Crippen LogP contribution in [-0.4, -0.2) is 22.4 Å². The van der Waals surface area contributed by atoms with E-state index in [2.05, 4.69) is 0 Å². The lowest BCUT2D eigenvalue weighted by Gasteiger charge is -2.07. The lowest BCUT2D eigenvalue weighted by Crippen LogP contribution is -2.23. The van der Waals surface area contributed by atoms with Crippen LogP contribution in [0.5, 0.6) is 0 Å². The van der Waals surface area contributed by atoms with Gasteiger partial charge in [-0.05, 0) is 0 Å². The van der Waals surface area contributed by atoms with Gasteiger partial charge in [0.05, 0.1) is 0 Å². The molecule has 8 heavy (non-hydrogen) atoms. The Kier molecular flexibility index (Phi) is 4.02. The summed E-state index contributed by atoms with van der Waals surface area (Å²) in [4.78, 5) is 10.5. The molecule has 0 aromatic carbocycles. The molecule has 0 aliphatic heterocycles. The second-order valence-electron chi connectivity index (χ2n) is 1.03. The number of alkyl halides is 2. The molecule has 0 radical (unpaired) electrons. The molecule has 48 valence electrons. The minimum absolute atomic E-state index is 0.431. The molecule has 0 aliphatic rings. The van der Waals surface area contributed by atoms with E-state index < -0.39 is 17.5 Å². The summed E-state index contributed by atoms with van der Waals surface area (Å²) >= 11 is 1.31. The number of halogens is 3. The Morgan fingerprint density at radius 1 is 1.50 bits per heavy atom. The monoisotopic (exact) mass is 235 g/mol. The first-order chi connectivity index (χ1) is 3.72. The number of rotatable bonds is 2. The van der Waals surface area contributed by atoms with Crippen molar-refractivity contribution < 1.29 is 13.6 Å². The fourth-order valence-corrected chi connectivity index (χ4v) is 0.384.